The van der Waals surface area contributed by atoms with E-state index in [2.05, 4.69) is 16.7 Å². The van der Waals surface area contributed by atoms with Crippen molar-refractivity contribution in [2.75, 3.05) is 20.7 Å². The predicted octanol–water partition coefficient (Wildman–Crippen LogP) is 3.48. The quantitative estimate of drug-likeness (QED) is 0.473. The molecule has 2 rings (SSSR count). The van der Waals surface area contributed by atoms with Gasteiger partial charge in [-0.3, -0.25) is 4.79 Å². The van der Waals surface area contributed by atoms with Gasteiger partial charge in [0.15, 0.2) is 0 Å². The van der Waals surface area contributed by atoms with Crippen molar-refractivity contribution in [1.29, 1.82) is 0 Å². The fourth-order valence-electron chi connectivity index (χ4n) is 3.34. The van der Waals surface area contributed by atoms with Gasteiger partial charge in [-0.15, -0.1) is 10.1 Å². The first-order valence-electron chi connectivity index (χ1n) is 8.96. The Bertz CT molecular complexity index is 708. The van der Waals surface area contributed by atoms with Crippen molar-refractivity contribution in [2.24, 2.45) is 0 Å². The lowest BCUT2D eigenvalue weighted by molar-refractivity contribution is -0.757. The fourth-order valence-corrected chi connectivity index (χ4v) is 3.34. The number of carbonyl (C=O) groups is 1. The minimum Gasteiger partial charge on any atom is -0.313 e. The van der Waals surface area contributed by atoms with Gasteiger partial charge < -0.3 is 9.74 Å². The van der Waals surface area contributed by atoms with Gasteiger partial charge in [0.2, 0.25) is 0 Å². The van der Waals surface area contributed by atoms with Crippen LogP contribution in [-0.4, -0.2) is 42.5 Å². The molecule has 1 atom stereocenters. The number of ketones is 1. The molecular weight excluding hydrogens is 344 g/mol. The Kier molecular flexibility index (Phi) is 7.07. The summed E-state index contributed by atoms with van der Waals surface area (Å²) >= 11 is 0. The van der Waals surface area contributed by atoms with Crippen LogP contribution in [0.2, 0.25) is 0 Å². The Morgan fingerprint density at radius 2 is 1.56 bits per heavy atom. The minimum atomic E-state index is -0.897. The molecule has 0 aliphatic carbocycles. The first-order chi connectivity index (χ1) is 12.9. The molecule has 0 spiro atoms. The van der Waals surface area contributed by atoms with Crippen LogP contribution in [0, 0.1) is 10.1 Å². The normalized spacial score (nSPS) is 12.6. The Labute approximate surface area is 159 Å². The lowest BCUT2D eigenvalue weighted by Crippen LogP contribution is -2.43. The van der Waals surface area contributed by atoms with E-state index in [9.17, 15) is 14.9 Å². The van der Waals surface area contributed by atoms with Crippen LogP contribution >= 0.6 is 0 Å². The zero-order valence-electron chi connectivity index (χ0n) is 16.0. The van der Waals surface area contributed by atoms with Gasteiger partial charge in [-0.05, 0) is 38.6 Å². The van der Waals surface area contributed by atoms with Gasteiger partial charge in [0.05, 0.1) is 5.41 Å². The summed E-state index contributed by atoms with van der Waals surface area (Å²) < 4.78 is 0. The largest absolute Gasteiger partial charge is 0.313 e. The summed E-state index contributed by atoms with van der Waals surface area (Å²) in [6, 6.07) is 19.4. The topological polar surface area (TPSA) is 72.7 Å². The lowest BCUT2D eigenvalue weighted by Gasteiger charge is -2.37. The molecule has 0 amide bonds. The molecule has 0 aromatic heterocycles. The highest BCUT2D eigenvalue weighted by Crippen LogP contribution is 2.39. The second-order valence-electron chi connectivity index (χ2n) is 6.88. The van der Waals surface area contributed by atoms with Crippen molar-refractivity contribution in [2.45, 2.75) is 31.2 Å². The van der Waals surface area contributed by atoms with Crippen LogP contribution < -0.4 is 0 Å². The molecule has 0 saturated heterocycles. The summed E-state index contributed by atoms with van der Waals surface area (Å²) in [6.45, 7) is 1.82. The lowest BCUT2D eigenvalue weighted by atomic mass is 9.67. The van der Waals surface area contributed by atoms with E-state index in [0.29, 0.717) is 6.42 Å². The van der Waals surface area contributed by atoms with E-state index in [0.717, 1.165) is 11.1 Å². The van der Waals surface area contributed by atoms with Gasteiger partial charge in [-0.25, -0.2) is 0 Å². The van der Waals surface area contributed by atoms with Crippen molar-refractivity contribution in [3.63, 3.8) is 0 Å². The second-order valence-corrected chi connectivity index (χ2v) is 6.88. The number of hydrogen-bond donors (Lipinski definition) is 0. The molecular formula is C21H26N2O4. The molecule has 0 bridgehead atoms. The maximum Gasteiger partial charge on any atom is 0.294 e. The number of Topliss-reactive ketones (excluding diaryl/α,β-unsaturated/α-hetero) is 1. The van der Waals surface area contributed by atoms with Crippen LogP contribution in [0.1, 0.15) is 30.9 Å². The van der Waals surface area contributed by atoms with Crippen molar-refractivity contribution in [3.8, 4) is 0 Å². The van der Waals surface area contributed by atoms with E-state index in [1.165, 1.54) is 0 Å². The van der Waals surface area contributed by atoms with Gasteiger partial charge in [0.25, 0.3) is 5.09 Å². The van der Waals surface area contributed by atoms with Crippen LogP contribution in [0.25, 0.3) is 0 Å². The van der Waals surface area contributed by atoms with Crippen molar-refractivity contribution < 1.29 is 14.7 Å². The number of hydrogen-bond acceptors (Lipinski definition) is 5. The molecule has 2 aromatic carbocycles. The molecule has 0 saturated carbocycles. The van der Waals surface area contributed by atoms with E-state index < -0.39 is 10.5 Å². The van der Waals surface area contributed by atoms with Crippen molar-refractivity contribution in [1.82, 2.24) is 4.90 Å². The van der Waals surface area contributed by atoms with Gasteiger partial charge in [-0.1, -0.05) is 60.7 Å². The molecule has 0 unspecified atom stereocenters. The van der Waals surface area contributed by atoms with Crippen LogP contribution in [0.4, 0.5) is 0 Å². The van der Waals surface area contributed by atoms with Gasteiger partial charge >= 0.3 is 0 Å². The summed E-state index contributed by atoms with van der Waals surface area (Å²) in [5, 5.41) is 9.64. The Morgan fingerprint density at radius 1 is 1.07 bits per heavy atom. The van der Waals surface area contributed by atoms with Crippen LogP contribution in [0.15, 0.2) is 60.7 Å². The SMILES string of the molecule is C[C@@H](CC(C(=O)CCO[N+](=O)[O-])(c1ccccc1)c1ccccc1)N(C)C. The van der Waals surface area contributed by atoms with Gasteiger partial charge in [0.1, 0.15) is 12.4 Å². The average Bonchev–Trinajstić information content (AvgIpc) is 2.66. The molecule has 0 heterocycles. The Hall–Kier alpha value is -2.73. The molecule has 2 aromatic rings. The third kappa shape index (κ3) is 4.92. The smallest absolute Gasteiger partial charge is 0.294 e. The first-order valence-corrected chi connectivity index (χ1v) is 8.96. The van der Waals surface area contributed by atoms with Crippen molar-refractivity contribution in [3.05, 3.63) is 81.9 Å². The van der Waals surface area contributed by atoms with E-state index >= 15 is 0 Å². The van der Waals surface area contributed by atoms with Crippen LogP contribution in [0.5, 0.6) is 0 Å². The predicted molar refractivity (Wildman–Crippen MR) is 104 cm³/mol. The highest BCUT2D eigenvalue weighted by atomic mass is 16.9. The minimum absolute atomic E-state index is 0.0368. The van der Waals surface area contributed by atoms with E-state index in [1.807, 2.05) is 74.8 Å². The average molecular weight is 370 g/mol. The van der Waals surface area contributed by atoms with E-state index in [-0.39, 0.29) is 24.9 Å². The molecule has 0 aliphatic heterocycles. The zero-order valence-corrected chi connectivity index (χ0v) is 16.0. The Balaban J connectivity index is 2.55. The molecule has 0 fully saturated rings. The van der Waals surface area contributed by atoms with Gasteiger partial charge in [-0.2, -0.15) is 0 Å². The second kappa shape index (κ2) is 9.28. The highest BCUT2D eigenvalue weighted by Gasteiger charge is 2.42. The van der Waals surface area contributed by atoms with E-state index in [1.54, 1.807) is 0 Å². The maximum absolute atomic E-state index is 13.5. The number of benzene rings is 2. The molecule has 6 heteroatoms. The van der Waals surface area contributed by atoms with Crippen LogP contribution in [0.3, 0.4) is 0 Å². The molecule has 0 aliphatic rings. The fraction of sp³-hybridized carbons (Fsp3) is 0.381. The van der Waals surface area contributed by atoms with Crippen molar-refractivity contribution >= 4 is 5.78 Å². The molecule has 0 N–H and O–H groups in total. The third-order valence-corrected chi connectivity index (χ3v) is 5.02. The summed E-state index contributed by atoms with van der Waals surface area (Å²) in [6.07, 6.45) is 0.524. The number of nitrogens with zero attached hydrogens (tertiary/aromatic N) is 2. The molecule has 144 valence electrons. The molecule has 0 radical (unpaired) electrons. The summed E-state index contributed by atoms with van der Waals surface area (Å²) in [4.78, 5) is 30.5. The standard InChI is InChI=1S/C21H26N2O4/c1-17(22(2)3)16-21(18-10-6-4-7-11-18,19-12-8-5-9-13-19)20(24)14-15-27-23(25)26/h4-13,17H,14-16H2,1-3H3/t17-/m0/s1. The zero-order chi connectivity index (χ0) is 19.9. The Morgan fingerprint density at radius 3 is 1.96 bits per heavy atom. The highest BCUT2D eigenvalue weighted by molar-refractivity contribution is 5.94. The van der Waals surface area contributed by atoms with Crippen LogP contribution in [-0.2, 0) is 15.0 Å². The number of carbonyl (C=O) groups excluding carboxylic acids is 1. The molecule has 27 heavy (non-hydrogen) atoms. The monoisotopic (exact) mass is 370 g/mol. The molecule has 6 nitrogen and oxygen atoms in total. The summed E-state index contributed by atoms with van der Waals surface area (Å²) in [7, 11) is 3.96. The van der Waals surface area contributed by atoms with E-state index in [4.69, 9.17) is 0 Å². The maximum atomic E-state index is 13.5. The summed E-state index contributed by atoms with van der Waals surface area (Å²) in [5.41, 5.74) is 0.874. The number of rotatable bonds is 10. The third-order valence-electron chi connectivity index (χ3n) is 5.02. The summed E-state index contributed by atoms with van der Waals surface area (Å²) in [5.74, 6) is -0.0875. The van der Waals surface area contributed by atoms with Gasteiger partial charge in [0, 0.05) is 12.5 Å². The first kappa shape index (κ1) is 20.6.